The number of anilines is 1. The minimum atomic E-state index is -0.0877. The molecule has 24 heavy (non-hydrogen) atoms. The minimum Gasteiger partial charge on any atom is -0.323 e. The van der Waals surface area contributed by atoms with E-state index in [2.05, 4.69) is 22.5 Å². The summed E-state index contributed by atoms with van der Waals surface area (Å²) in [6.45, 7) is 1.94. The molecule has 1 amide bonds. The van der Waals surface area contributed by atoms with Crippen LogP contribution in [0.4, 0.5) is 5.69 Å². The molecule has 4 nitrogen and oxygen atoms in total. The molecule has 1 unspecified atom stereocenters. The molecule has 3 rings (SSSR count). The number of carbonyl (C=O) groups is 1. The molecule has 0 fully saturated rings. The molecule has 0 aliphatic rings. The molecule has 1 aromatic heterocycles. The van der Waals surface area contributed by atoms with E-state index in [0.717, 1.165) is 11.4 Å². The van der Waals surface area contributed by atoms with Gasteiger partial charge in [0.1, 0.15) is 0 Å². The van der Waals surface area contributed by atoms with E-state index in [0.29, 0.717) is 5.69 Å². The molecule has 0 aliphatic heterocycles. The third-order valence-electron chi connectivity index (χ3n) is 3.56. The van der Waals surface area contributed by atoms with Crippen LogP contribution in [0, 0.1) is 5.92 Å². The van der Waals surface area contributed by atoms with E-state index in [1.807, 2.05) is 61.7 Å². The van der Waals surface area contributed by atoms with Crippen molar-refractivity contribution in [2.24, 2.45) is 5.92 Å². The first-order chi connectivity index (χ1) is 11.7. The number of hydrogen-bond acceptors (Lipinski definition) is 3. The Bertz CT molecular complexity index is 787. The Morgan fingerprint density at radius 2 is 1.79 bits per heavy atom. The molecule has 1 heterocycles. The highest BCUT2D eigenvalue weighted by Gasteiger charge is 2.14. The van der Waals surface area contributed by atoms with Crippen LogP contribution < -0.4 is 5.32 Å². The molecule has 2 aromatic carbocycles. The van der Waals surface area contributed by atoms with Crippen molar-refractivity contribution in [3.8, 4) is 5.69 Å². The zero-order valence-electron chi connectivity index (χ0n) is 13.4. The lowest BCUT2D eigenvalue weighted by Crippen LogP contribution is -2.21. The van der Waals surface area contributed by atoms with E-state index < -0.39 is 0 Å². The quantitative estimate of drug-likeness (QED) is 0.684. The van der Waals surface area contributed by atoms with Gasteiger partial charge in [0, 0.05) is 16.6 Å². The van der Waals surface area contributed by atoms with Gasteiger partial charge >= 0.3 is 0 Å². The highest BCUT2D eigenvalue weighted by molar-refractivity contribution is 7.99. The topological polar surface area (TPSA) is 46.9 Å². The number of aromatic nitrogens is 2. The van der Waals surface area contributed by atoms with E-state index in [9.17, 15) is 4.79 Å². The Kier molecular flexibility index (Phi) is 5.33. The monoisotopic (exact) mass is 337 g/mol. The summed E-state index contributed by atoms with van der Waals surface area (Å²) >= 11 is 1.69. The number of nitrogens with zero attached hydrogens (tertiary/aromatic N) is 2. The summed E-state index contributed by atoms with van der Waals surface area (Å²) < 4.78 is 1.75. The second-order valence-electron chi connectivity index (χ2n) is 5.52. The van der Waals surface area contributed by atoms with Gasteiger partial charge in [-0.05, 0) is 24.3 Å². The van der Waals surface area contributed by atoms with Crippen molar-refractivity contribution in [2.75, 3.05) is 11.1 Å². The Morgan fingerprint density at radius 3 is 2.50 bits per heavy atom. The first-order valence-corrected chi connectivity index (χ1v) is 8.80. The number of rotatable bonds is 6. The van der Waals surface area contributed by atoms with Crippen LogP contribution in [-0.2, 0) is 4.79 Å². The van der Waals surface area contributed by atoms with Gasteiger partial charge in [0.15, 0.2) is 0 Å². The second-order valence-corrected chi connectivity index (χ2v) is 6.62. The van der Waals surface area contributed by atoms with Gasteiger partial charge in [0.25, 0.3) is 0 Å². The van der Waals surface area contributed by atoms with Crippen molar-refractivity contribution in [1.82, 2.24) is 9.78 Å². The van der Waals surface area contributed by atoms with Crippen LogP contribution in [0.25, 0.3) is 5.69 Å². The predicted octanol–water partition coefficient (Wildman–Crippen LogP) is 4.24. The van der Waals surface area contributed by atoms with E-state index in [1.165, 1.54) is 4.90 Å². The summed E-state index contributed by atoms with van der Waals surface area (Å²) in [4.78, 5) is 13.5. The van der Waals surface area contributed by atoms with Crippen molar-refractivity contribution >= 4 is 23.4 Å². The third kappa shape index (κ3) is 4.26. The van der Waals surface area contributed by atoms with Crippen LogP contribution in [0.3, 0.4) is 0 Å². The highest BCUT2D eigenvalue weighted by atomic mass is 32.2. The number of thioether (sulfide) groups is 1. The standard InChI is InChI=1S/C19H19N3OS/c1-15(14-24-18-10-6-3-7-11-18)19(23)21-16-12-20-22(13-16)17-8-4-2-5-9-17/h2-13,15H,14H2,1H3,(H,21,23). The molecule has 0 aliphatic carbocycles. The van der Waals surface area contributed by atoms with Gasteiger partial charge in [0.2, 0.25) is 5.91 Å². The average molecular weight is 337 g/mol. The predicted molar refractivity (Wildman–Crippen MR) is 98.5 cm³/mol. The lowest BCUT2D eigenvalue weighted by molar-refractivity contribution is -0.118. The molecular weight excluding hydrogens is 318 g/mol. The Morgan fingerprint density at radius 1 is 1.12 bits per heavy atom. The zero-order valence-corrected chi connectivity index (χ0v) is 14.2. The van der Waals surface area contributed by atoms with Crippen molar-refractivity contribution < 1.29 is 4.79 Å². The minimum absolute atomic E-state index is 0.00560. The fourth-order valence-corrected chi connectivity index (χ4v) is 3.13. The second kappa shape index (κ2) is 7.84. The molecular formula is C19H19N3OS. The lowest BCUT2D eigenvalue weighted by atomic mass is 10.2. The van der Waals surface area contributed by atoms with Crippen molar-refractivity contribution in [1.29, 1.82) is 0 Å². The number of amides is 1. The first-order valence-electron chi connectivity index (χ1n) is 7.81. The van der Waals surface area contributed by atoms with E-state index in [-0.39, 0.29) is 11.8 Å². The van der Waals surface area contributed by atoms with Gasteiger partial charge in [-0.2, -0.15) is 5.10 Å². The van der Waals surface area contributed by atoms with Crippen LogP contribution in [-0.4, -0.2) is 21.4 Å². The van der Waals surface area contributed by atoms with Crippen molar-refractivity contribution in [2.45, 2.75) is 11.8 Å². The number of benzene rings is 2. The molecule has 3 aromatic rings. The summed E-state index contributed by atoms with van der Waals surface area (Å²) in [7, 11) is 0. The summed E-state index contributed by atoms with van der Waals surface area (Å²) in [6.07, 6.45) is 3.49. The van der Waals surface area contributed by atoms with Crippen LogP contribution >= 0.6 is 11.8 Å². The zero-order chi connectivity index (χ0) is 16.8. The smallest absolute Gasteiger partial charge is 0.228 e. The maximum absolute atomic E-state index is 12.3. The molecule has 1 N–H and O–H groups in total. The lowest BCUT2D eigenvalue weighted by Gasteiger charge is -2.10. The third-order valence-corrected chi connectivity index (χ3v) is 4.83. The maximum Gasteiger partial charge on any atom is 0.228 e. The van der Waals surface area contributed by atoms with Crippen LogP contribution in [0.15, 0.2) is 78.0 Å². The Hall–Kier alpha value is -2.53. The number of para-hydroxylation sites is 1. The van der Waals surface area contributed by atoms with Crippen molar-refractivity contribution in [3.63, 3.8) is 0 Å². The van der Waals surface area contributed by atoms with Crippen LogP contribution in [0.2, 0.25) is 0 Å². The summed E-state index contributed by atoms with van der Waals surface area (Å²) in [5.74, 6) is 0.657. The summed E-state index contributed by atoms with van der Waals surface area (Å²) in [5.41, 5.74) is 1.67. The summed E-state index contributed by atoms with van der Waals surface area (Å²) in [6, 6.07) is 19.9. The van der Waals surface area contributed by atoms with Gasteiger partial charge in [-0.3, -0.25) is 4.79 Å². The largest absolute Gasteiger partial charge is 0.323 e. The molecule has 1 atom stereocenters. The summed E-state index contributed by atoms with van der Waals surface area (Å²) in [5, 5.41) is 7.22. The van der Waals surface area contributed by atoms with Gasteiger partial charge < -0.3 is 5.32 Å². The molecule has 0 bridgehead atoms. The molecule has 0 saturated heterocycles. The van der Waals surface area contributed by atoms with Gasteiger partial charge in [-0.15, -0.1) is 11.8 Å². The molecule has 0 saturated carbocycles. The molecule has 122 valence electrons. The van der Waals surface area contributed by atoms with Gasteiger partial charge in [0.05, 0.1) is 23.8 Å². The fourth-order valence-electron chi connectivity index (χ4n) is 2.19. The SMILES string of the molecule is CC(CSc1ccccc1)C(=O)Nc1cnn(-c2ccccc2)c1. The first kappa shape index (κ1) is 16.3. The van der Waals surface area contributed by atoms with Crippen LogP contribution in [0.5, 0.6) is 0 Å². The van der Waals surface area contributed by atoms with Crippen LogP contribution in [0.1, 0.15) is 6.92 Å². The molecule has 0 spiro atoms. The Balaban J connectivity index is 1.55. The average Bonchev–Trinajstić information content (AvgIpc) is 3.10. The maximum atomic E-state index is 12.3. The number of nitrogens with one attached hydrogen (secondary N) is 1. The van der Waals surface area contributed by atoms with Gasteiger partial charge in [-0.25, -0.2) is 4.68 Å². The fraction of sp³-hybridized carbons (Fsp3) is 0.158. The van der Waals surface area contributed by atoms with E-state index in [1.54, 1.807) is 22.6 Å². The van der Waals surface area contributed by atoms with Crippen molar-refractivity contribution in [3.05, 3.63) is 73.1 Å². The van der Waals surface area contributed by atoms with E-state index >= 15 is 0 Å². The Labute approximate surface area is 145 Å². The van der Waals surface area contributed by atoms with E-state index in [4.69, 9.17) is 0 Å². The highest BCUT2D eigenvalue weighted by Crippen LogP contribution is 2.21. The molecule has 5 heteroatoms. The van der Waals surface area contributed by atoms with Gasteiger partial charge in [-0.1, -0.05) is 43.3 Å². The number of hydrogen-bond donors (Lipinski definition) is 1. The molecule has 0 radical (unpaired) electrons. The normalized spacial score (nSPS) is 11.9. The number of carbonyl (C=O) groups excluding carboxylic acids is 1.